The fourth-order valence-corrected chi connectivity index (χ4v) is 1.06. The van der Waals surface area contributed by atoms with Crippen molar-refractivity contribution in [1.29, 1.82) is 0 Å². The van der Waals surface area contributed by atoms with Crippen LogP contribution in [0, 0.1) is 5.82 Å². The molecule has 0 aliphatic rings. The Hall–Kier alpha value is -1.91. The number of nitrogens with one attached hydrogen (secondary N) is 2. The van der Waals surface area contributed by atoms with Crippen molar-refractivity contribution in [2.45, 2.75) is 13.3 Å². The van der Waals surface area contributed by atoms with E-state index in [4.69, 9.17) is 0 Å². The van der Waals surface area contributed by atoms with Gasteiger partial charge in [-0.15, -0.1) is 0 Å². The minimum Gasteiger partial charge on any atom is -0.348 e. The number of carbonyl (C=O) groups is 2. The van der Waals surface area contributed by atoms with Crippen molar-refractivity contribution in [1.82, 2.24) is 5.32 Å². The molecule has 5 heteroatoms. The average Bonchev–Trinajstić information content (AvgIpc) is 2.28. The van der Waals surface area contributed by atoms with Gasteiger partial charge in [-0.2, -0.15) is 0 Å². The van der Waals surface area contributed by atoms with Crippen LogP contribution in [-0.2, 0) is 9.59 Å². The van der Waals surface area contributed by atoms with E-state index in [1.165, 1.54) is 18.2 Å². The highest BCUT2D eigenvalue weighted by atomic mass is 19.1. The predicted octanol–water partition coefficient (Wildman–Crippen LogP) is 1.29. The second kappa shape index (κ2) is 5.85. The summed E-state index contributed by atoms with van der Waals surface area (Å²) in [6, 6.07) is 5.67. The van der Waals surface area contributed by atoms with Crippen LogP contribution >= 0.6 is 0 Å². The Morgan fingerprint density at radius 3 is 2.56 bits per heavy atom. The summed E-state index contributed by atoms with van der Waals surface area (Å²) < 4.78 is 13.1. The molecule has 0 spiro atoms. The number of amides is 2. The first-order valence-electron chi connectivity index (χ1n) is 4.99. The molecule has 0 atom stereocenters. The summed E-state index contributed by atoms with van der Waals surface area (Å²) in [7, 11) is 0. The molecule has 0 bridgehead atoms. The molecule has 0 saturated carbocycles. The highest BCUT2D eigenvalue weighted by Crippen LogP contribution is 2.11. The summed E-state index contributed by atoms with van der Waals surface area (Å²) in [5.41, 5.74) is -0.000788. The van der Waals surface area contributed by atoms with Crippen molar-refractivity contribution in [3.8, 4) is 0 Å². The fourth-order valence-electron chi connectivity index (χ4n) is 1.06. The molecule has 0 fully saturated rings. The number of anilines is 1. The van der Waals surface area contributed by atoms with E-state index in [-0.39, 0.29) is 5.69 Å². The van der Waals surface area contributed by atoms with Crippen molar-refractivity contribution in [3.63, 3.8) is 0 Å². The second-order valence-electron chi connectivity index (χ2n) is 3.19. The van der Waals surface area contributed by atoms with E-state index in [1.807, 2.05) is 6.92 Å². The van der Waals surface area contributed by atoms with Crippen LogP contribution < -0.4 is 10.6 Å². The van der Waals surface area contributed by atoms with Crippen LogP contribution in [0.4, 0.5) is 10.1 Å². The van der Waals surface area contributed by atoms with E-state index in [2.05, 4.69) is 10.6 Å². The Kier molecular flexibility index (Phi) is 4.44. The molecule has 2 N–H and O–H groups in total. The van der Waals surface area contributed by atoms with Gasteiger partial charge in [0.15, 0.2) is 0 Å². The normalized spacial score (nSPS) is 9.62. The maximum absolute atomic E-state index is 13.1. The van der Waals surface area contributed by atoms with Crippen molar-refractivity contribution in [2.24, 2.45) is 0 Å². The van der Waals surface area contributed by atoms with Gasteiger partial charge in [0.25, 0.3) is 0 Å². The first kappa shape index (κ1) is 12.2. The van der Waals surface area contributed by atoms with Gasteiger partial charge >= 0.3 is 11.8 Å². The average molecular weight is 224 g/mol. The van der Waals surface area contributed by atoms with Crippen LogP contribution in [0.25, 0.3) is 0 Å². The number of hydrogen-bond acceptors (Lipinski definition) is 2. The molecule has 86 valence electrons. The highest BCUT2D eigenvalue weighted by Gasteiger charge is 2.14. The topological polar surface area (TPSA) is 58.2 Å². The lowest BCUT2D eigenvalue weighted by atomic mass is 10.3. The molecule has 0 aliphatic heterocycles. The van der Waals surface area contributed by atoms with Gasteiger partial charge < -0.3 is 10.6 Å². The minimum atomic E-state index is -0.862. The largest absolute Gasteiger partial charge is 0.348 e. The van der Waals surface area contributed by atoms with Crippen LogP contribution in [-0.4, -0.2) is 18.4 Å². The molecular formula is C11H13FN2O2. The molecule has 1 aromatic rings. The summed E-state index contributed by atoms with van der Waals surface area (Å²) in [6.07, 6.45) is 0.735. The summed E-state index contributed by atoms with van der Waals surface area (Å²) in [4.78, 5) is 22.5. The van der Waals surface area contributed by atoms with Gasteiger partial charge in [0.2, 0.25) is 0 Å². The van der Waals surface area contributed by atoms with E-state index >= 15 is 0 Å². The lowest BCUT2D eigenvalue weighted by molar-refractivity contribution is -0.136. The number of para-hydroxylation sites is 1. The number of rotatable bonds is 3. The van der Waals surface area contributed by atoms with Crippen LogP contribution in [0.1, 0.15) is 13.3 Å². The fraction of sp³-hybridized carbons (Fsp3) is 0.273. The maximum Gasteiger partial charge on any atom is 0.313 e. The third-order valence-corrected chi connectivity index (χ3v) is 1.86. The molecule has 0 aliphatic carbocycles. The zero-order valence-corrected chi connectivity index (χ0v) is 8.92. The molecule has 2 amide bonds. The van der Waals surface area contributed by atoms with Gasteiger partial charge in [-0.3, -0.25) is 9.59 Å². The van der Waals surface area contributed by atoms with Crippen molar-refractivity contribution >= 4 is 17.5 Å². The number of hydrogen-bond donors (Lipinski definition) is 2. The molecule has 0 unspecified atom stereocenters. The SMILES string of the molecule is CCCNC(=O)C(=O)Nc1ccccc1F. The monoisotopic (exact) mass is 224 g/mol. The summed E-state index contributed by atoms with van der Waals surface area (Å²) >= 11 is 0. The number of halogens is 1. The van der Waals surface area contributed by atoms with Crippen LogP contribution in [0.15, 0.2) is 24.3 Å². The summed E-state index contributed by atoms with van der Waals surface area (Å²) in [5.74, 6) is -2.19. The second-order valence-corrected chi connectivity index (χ2v) is 3.19. The molecule has 0 radical (unpaired) electrons. The van der Waals surface area contributed by atoms with Gasteiger partial charge in [-0.25, -0.2) is 4.39 Å². The third kappa shape index (κ3) is 3.34. The van der Waals surface area contributed by atoms with Crippen LogP contribution in [0.2, 0.25) is 0 Å². The molecule has 0 heterocycles. The van der Waals surface area contributed by atoms with Crippen molar-refractivity contribution < 1.29 is 14.0 Å². The van der Waals surface area contributed by atoms with Crippen LogP contribution in [0.5, 0.6) is 0 Å². The number of benzene rings is 1. The van der Waals surface area contributed by atoms with Crippen molar-refractivity contribution in [3.05, 3.63) is 30.1 Å². The van der Waals surface area contributed by atoms with Gasteiger partial charge in [-0.1, -0.05) is 19.1 Å². The highest BCUT2D eigenvalue weighted by molar-refractivity contribution is 6.39. The Labute approximate surface area is 92.8 Å². The van der Waals surface area contributed by atoms with E-state index in [9.17, 15) is 14.0 Å². The summed E-state index contributed by atoms with van der Waals surface area (Å²) in [5, 5.41) is 4.59. The first-order chi connectivity index (χ1) is 7.65. The Morgan fingerprint density at radius 2 is 1.94 bits per heavy atom. The third-order valence-electron chi connectivity index (χ3n) is 1.86. The zero-order chi connectivity index (χ0) is 12.0. The minimum absolute atomic E-state index is 0.000788. The molecule has 16 heavy (non-hydrogen) atoms. The Morgan fingerprint density at radius 1 is 1.25 bits per heavy atom. The van der Waals surface area contributed by atoms with Gasteiger partial charge in [0.05, 0.1) is 5.69 Å². The lowest BCUT2D eigenvalue weighted by Gasteiger charge is -2.05. The van der Waals surface area contributed by atoms with Crippen molar-refractivity contribution in [2.75, 3.05) is 11.9 Å². The van der Waals surface area contributed by atoms with Gasteiger partial charge in [0.1, 0.15) is 5.82 Å². The molecule has 1 rings (SSSR count). The number of carbonyl (C=O) groups excluding carboxylic acids is 2. The molecule has 4 nitrogen and oxygen atoms in total. The first-order valence-corrected chi connectivity index (χ1v) is 4.99. The van der Waals surface area contributed by atoms with Gasteiger partial charge in [0, 0.05) is 6.54 Å². The van der Waals surface area contributed by atoms with E-state index in [0.717, 1.165) is 6.42 Å². The van der Waals surface area contributed by atoms with Crippen LogP contribution in [0.3, 0.4) is 0 Å². The molecular weight excluding hydrogens is 211 g/mol. The molecule has 0 saturated heterocycles. The molecule has 0 aromatic heterocycles. The maximum atomic E-state index is 13.1. The Balaban J connectivity index is 2.58. The molecule has 1 aromatic carbocycles. The zero-order valence-electron chi connectivity index (χ0n) is 8.92. The van der Waals surface area contributed by atoms with E-state index in [1.54, 1.807) is 6.07 Å². The quantitative estimate of drug-likeness (QED) is 0.760. The lowest BCUT2D eigenvalue weighted by Crippen LogP contribution is -2.35. The van der Waals surface area contributed by atoms with E-state index < -0.39 is 17.6 Å². The predicted molar refractivity (Wildman–Crippen MR) is 58.3 cm³/mol. The smallest absolute Gasteiger partial charge is 0.313 e. The van der Waals surface area contributed by atoms with E-state index in [0.29, 0.717) is 6.54 Å². The summed E-state index contributed by atoms with van der Waals surface area (Å²) in [6.45, 7) is 2.29. The standard InChI is InChI=1S/C11H13FN2O2/c1-2-7-13-10(15)11(16)14-9-6-4-3-5-8(9)12/h3-6H,2,7H2,1H3,(H,13,15)(H,14,16). The van der Waals surface area contributed by atoms with Gasteiger partial charge in [-0.05, 0) is 18.6 Å². The Bertz CT molecular complexity index is 393.